The molecular weight excluding hydrogens is 321 g/mol. The van der Waals surface area contributed by atoms with Crippen LogP contribution >= 0.6 is 11.6 Å². The summed E-state index contributed by atoms with van der Waals surface area (Å²) in [4.78, 5) is 23.3. The van der Waals surface area contributed by atoms with Gasteiger partial charge in [-0.1, -0.05) is 23.7 Å². The maximum atomic E-state index is 12.7. The predicted molar refractivity (Wildman–Crippen MR) is 85.9 cm³/mol. The summed E-state index contributed by atoms with van der Waals surface area (Å²) < 4.78 is 12.7. The normalized spacial score (nSPS) is 10.5. The van der Waals surface area contributed by atoms with Gasteiger partial charge in [-0.05, 0) is 42.0 Å². The first-order chi connectivity index (χ1) is 11.0. The number of hydrogen-bond acceptors (Lipinski definition) is 3. The lowest BCUT2D eigenvalue weighted by molar-refractivity contribution is -0.120. The SMILES string of the molecule is O=C(CNC(=O)c1ccc(F)cc1)N/N=C\c1ccc(Cl)cc1. The maximum Gasteiger partial charge on any atom is 0.259 e. The summed E-state index contributed by atoms with van der Waals surface area (Å²) in [6, 6.07) is 11.9. The standard InChI is InChI=1S/C16H13ClFN3O2/c17-13-5-1-11(2-6-13)9-20-21-15(22)10-19-16(23)12-3-7-14(18)8-4-12/h1-9H,10H2,(H,19,23)(H,21,22)/b20-9-. The van der Waals surface area contributed by atoms with Crippen molar-refractivity contribution in [3.8, 4) is 0 Å². The molecule has 2 rings (SSSR count). The molecule has 2 amide bonds. The second kappa shape index (κ2) is 8.05. The molecule has 5 nitrogen and oxygen atoms in total. The number of carbonyl (C=O) groups excluding carboxylic acids is 2. The Morgan fingerprint density at radius 3 is 2.39 bits per heavy atom. The average molecular weight is 334 g/mol. The number of carbonyl (C=O) groups is 2. The van der Waals surface area contributed by atoms with E-state index >= 15 is 0 Å². The van der Waals surface area contributed by atoms with Crippen molar-refractivity contribution in [2.75, 3.05) is 6.54 Å². The number of amides is 2. The fraction of sp³-hybridized carbons (Fsp3) is 0.0625. The third kappa shape index (κ3) is 5.52. The van der Waals surface area contributed by atoms with E-state index in [1.807, 2.05) is 0 Å². The van der Waals surface area contributed by atoms with Crippen molar-refractivity contribution in [3.63, 3.8) is 0 Å². The lowest BCUT2D eigenvalue weighted by Crippen LogP contribution is -2.34. The summed E-state index contributed by atoms with van der Waals surface area (Å²) in [7, 11) is 0. The van der Waals surface area contributed by atoms with Crippen molar-refractivity contribution in [1.29, 1.82) is 0 Å². The zero-order valence-corrected chi connectivity index (χ0v) is 12.7. The van der Waals surface area contributed by atoms with Crippen molar-refractivity contribution in [1.82, 2.24) is 10.7 Å². The van der Waals surface area contributed by atoms with Crippen molar-refractivity contribution in [3.05, 3.63) is 70.5 Å². The van der Waals surface area contributed by atoms with Gasteiger partial charge in [-0.15, -0.1) is 0 Å². The first kappa shape index (κ1) is 16.6. The van der Waals surface area contributed by atoms with Crippen LogP contribution in [0.5, 0.6) is 0 Å². The summed E-state index contributed by atoms with van der Waals surface area (Å²) >= 11 is 5.75. The van der Waals surface area contributed by atoms with Crippen LogP contribution in [0, 0.1) is 5.82 Å². The summed E-state index contributed by atoms with van der Waals surface area (Å²) in [5.74, 6) is -1.39. The Balaban J connectivity index is 1.77. The van der Waals surface area contributed by atoms with Gasteiger partial charge in [-0.25, -0.2) is 9.82 Å². The summed E-state index contributed by atoms with van der Waals surface area (Å²) in [5.41, 5.74) is 3.32. The second-order valence-corrected chi connectivity index (χ2v) is 4.97. The van der Waals surface area contributed by atoms with E-state index in [1.165, 1.54) is 30.5 Å². The summed E-state index contributed by atoms with van der Waals surface area (Å²) in [6.45, 7) is -0.242. The van der Waals surface area contributed by atoms with E-state index < -0.39 is 17.6 Å². The Kier molecular flexibility index (Phi) is 5.82. The molecule has 0 saturated carbocycles. The van der Waals surface area contributed by atoms with Crippen LogP contribution in [0.15, 0.2) is 53.6 Å². The minimum Gasteiger partial charge on any atom is -0.343 e. The number of hydrogen-bond donors (Lipinski definition) is 2. The van der Waals surface area contributed by atoms with Gasteiger partial charge in [0.2, 0.25) is 0 Å². The van der Waals surface area contributed by atoms with Gasteiger partial charge in [0, 0.05) is 10.6 Å². The summed E-state index contributed by atoms with van der Waals surface area (Å²) in [5, 5.41) is 6.78. The number of nitrogens with zero attached hydrogens (tertiary/aromatic N) is 1. The van der Waals surface area contributed by atoms with Gasteiger partial charge in [0.05, 0.1) is 12.8 Å². The second-order valence-electron chi connectivity index (χ2n) is 4.53. The van der Waals surface area contributed by atoms with Crippen LogP contribution in [-0.4, -0.2) is 24.6 Å². The number of nitrogens with one attached hydrogen (secondary N) is 2. The number of benzene rings is 2. The molecule has 0 radical (unpaired) electrons. The van der Waals surface area contributed by atoms with Crippen molar-refractivity contribution >= 4 is 29.6 Å². The predicted octanol–water partition coefficient (Wildman–Crippen LogP) is 2.36. The fourth-order valence-electron chi connectivity index (χ4n) is 1.63. The molecular formula is C16H13ClFN3O2. The van der Waals surface area contributed by atoms with Gasteiger partial charge in [0.25, 0.3) is 11.8 Å². The van der Waals surface area contributed by atoms with Crippen LogP contribution in [0.3, 0.4) is 0 Å². The summed E-state index contributed by atoms with van der Waals surface area (Å²) in [6.07, 6.45) is 1.45. The number of halogens is 2. The molecule has 2 aromatic carbocycles. The largest absolute Gasteiger partial charge is 0.343 e. The Bertz CT molecular complexity index is 715. The Hall–Kier alpha value is -2.73. The van der Waals surface area contributed by atoms with Crippen LogP contribution < -0.4 is 10.7 Å². The molecule has 7 heteroatoms. The molecule has 0 spiro atoms. The average Bonchev–Trinajstić information content (AvgIpc) is 2.55. The maximum absolute atomic E-state index is 12.7. The minimum absolute atomic E-state index is 0.242. The molecule has 23 heavy (non-hydrogen) atoms. The molecule has 0 heterocycles. The molecule has 0 aliphatic carbocycles. The van der Waals surface area contributed by atoms with Crippen LogP contribution in [0.1, 0.15) is 15.9 Å². The number of rotatable bonds is 5. The van der Waals surface area contributed by atoms with Crippen LogP contribution in [0.25, 0.3) is 0 Å². The first-order valence-corrected chi connectivity index (χ1v) is 7.03. The third-order valence-corrected chi connectivity index (χ3v) is 3.04. The molecule has 0 aliphatic rings. The third-order valence-electron chi connectivity index (χ3n) is 2.79. The van der Waals surface area contributed by atoms with E-state index in [9.17, 15) is 14.0 Å². The van der Waals surface area contributed by atoms with Crippen LogP contribution in [0.4, 0.5) is 4.39 Å². The van der Waals surface area contributed by atoms with E-state index in [4.69, 9.17) is 11.6 Å². The highest BCUT2D eigenvalue weighted by atomic mass is 35.5. The molecule has 0 saturated heterocycles. The zero-order valence-electron chi connectivity index (χ0n) is 11.9. The minimum atomic E-state index is -0.481. The van der Waals surface area contributed by atoms with E-state index in [-0.39, 0.29) is 12.1 Å². The molecule has 0 bridgehead atoms. The first-order valence-electron chi connectivity index (χ1n) is 6.66. The van der Waals surface area contributed by atoms with Gasteiger partial charge < -0.3 is 5.32 Å². The van der Waals surface area contributed by atoms with Gasteiger partial charge in [-0.3, -0.25) is 9.59 Å². The lowest BCUT2D eigenvalue weighted by Gasteiger charge is -2.04. The van der Waals surface area contributed by atoms with E-state index in [1.54, 1.807) is 24.3 Å². The highest BCUT2D eigenvalue weighted by Gasteiger charge is 2.07. The highest BCUT2D eigenvalue weighted by molar-refractivity contribution is 6.30. The molecule has 0 fully saturated rings. The van der Waals surface area contributed by atoms with Crippen LogP contribution in [-0.2, 0) is 4.79 Å². The van der Waals surface area contributed by atoms with Gasteiger partial charge in [0.15, 0.2) is 0 Å². The smallest absolute Gasteiger partial charge is 0.259 e. The Morgan fingerprint density at radius 1 is 1.09 bits per heavy atom. The fourth-order valence-corrected chi connectivity index (χ4v) is 1.76. The molecule has 0 aliphatic heterocycles. The quantitative estimate of drug-likeness (QED) is 0.651. The van der Waals surface area contributed by atoms with E-state index in [0.717, 1.165) is 5.56 Å². The van der Waals surface area contributed by atoms with Gasteiger partial charge in [0.1, 0.15) is 5.82 Å². The Morgan fingerprint density at radius 2 is 1.74 bits per heavy atom. The van der Waals surface area contributed by atoms with E-state index in [2.05, 4.69) is 15.8 Å². The molecule has 0 unspecified atom stereocenters. The van der Waals surface area contributed by atoms with E-state index in [0.29, 0.717) is 5.02 Å². The monoisotopic (exact) mass is 333 g/mol. The van der Waals surface area contributed by atoms with Crippen molar-refractivity contribution < 1.29 is 14.0 Å². The molecule has 118 valence electrons. The van der Waals surface area contributed by atoms with Crippen molar-refractivity contribution in [2.45, 2.75) is 0 Å². The van der Waals surface area contributed by atoms with Crippen molar-refractivity contribution in [2.24, 2.45) is 5.10 Å². The zero-order chi connectivity index (χ0) is 16.7. The highest BCUT2D eigenvalue weighted by Crippen LogP contribution is 2.07. The lowest BCUT2D eigenvalue weighted by atomic mass is 10.2. The molecule has 0 atom stereocenters. The van der Waals surface area contributed by atoms with Gasteiger partial charge in [-0.2, -0.15) is 5.10 Å². The molecule has 2 aromatic rings. The molecule has 2 N–H and O–H groups in total. The van der Waals surface area contributed by atoms with Gasteiger partial charge >= 0.3 is 0 Å². The van der Waals surface area contributed by atoms with Crippen LogP contribution in [0.2, 0.25) is 5.02 Å². The number of hydrazone groups is 1. The Labute approximate surface area is 137 Å². The molecule has 0 aromatic heterocycles. The topological polar surface area (TPSA) is 70.6 Å².